The molecule has 0 bridgehead atoms. The second-order valence-electron chi connectivity index (χ2n) is 5.78. The van der Waals surface area contributed by atoms with Crippen molar-refractivity contribution >= 4 is 15.9 Å². The smallest absolute Gasteiger partial charge is 0.328 e. The molecular weight excluding hydrogens is 345 g/mol. The van der Waals surface area contributed by atoms with Gasteiger partial charge in [0.2, 0.25) is 0 Å². The minimum Gasteiger partial charge on any atom is -0.328 e. The lowest BCUT2D eigenvalue weighted by molar-refractivity contribution is -0.138. The number of halogens is 4. The van der Waals surface area contributed by atoms with Crippen molar-refractivity contribution in [2.24, 2.45) is 5.73 Å². The molecule has 1 fully saturated rings. The molecule has 21 heavy (non-hydrogen) atoms. The molecule has 0 aliphatic heterocycles. The van der Waals surface area contributed by atoms with E-state index in [-0.39, 0.29) is 6.04 Å². The highest BCUT2D eigenvalue weighted by molar-refractivity contribution is 9.10. The lowest BCUT2D eigenvalue weighted by Gasteiger charge is -2.34. The van der Waals surface area contributed by atoms with E-state index in [4.69, 9.17) is 5.73 Å². The minimum atomic E-state index is -4.32. The van der Waals surface area contributed by atoms with E-state index in [0.29, 0.717) is 22.6 Å². The summed E-state index contributed by atoms with van der Waals surface area (Å²) in [5.41, 5.74) is 5.64. The van der Waals surface area contributed by atoms with E-state index in [2.05, 4.69) is 15.9 Å². The van der Waals surface area contributed by atoms with E-state index in [1.165, 1.54) is 0 Å². The molecule has 2 N–H and O–H groups in total. The molecule has 0 spiro atoms. The van der Waals surface area contributed by atoms with Gasteiger partial charge >= 0.3 is 6.18 Å². The third kappa shape index (κ3) is 4.44. The first-order valence-corrected chi connectivity index (χ1v) is 7.88. The Kier molecular flexibility index (Phi) is 5.33. The molecule has 0 heterocycles. The molecule has 6 heteroatoms. The van der Waals surface area contributed by atoms with Gasteiger partial charge in [-0.2, -0.15) is 13.2 Å². The van der Waals surface area contributed by atoms with Crippen LogP contribution >= 0.6 is 15.9 Å². The Balaban J connectivity index is 2.12. The quantitative estimate of drug-likeness (QED) is 0.871. The van der Waals surface area contributed by atoms with Crippen molar-refractivity contribution in [1.29, 1.82) is 0 Å². The van der Waals surface area contributed by atoms with Gasteiger partial charge in [0.15, 0.2) is 0 Å². The van der Waals surface area contributed by atoms with E-state index in [0.717, 1.165) is 31.7 Å². The molecule has 0 aromatic heterocycles. The summed E-state index contributed by atoms with van der Waals surface area (Å²) in [4.78, 5) is 2.02. The Bertz CT molecular complexity index is 482. The number of benzene rings is 1. The predicted molar refractivity (Wildman–Crippen MR) is 80.8 cm³/mol. The third-order valence-corrected chi connectivity index (χ3v) is 4.66. The Morgan fingerprint density at radius 1 is 1.24 bits per heavy atom. The lowest BCUT2D eigenvalue weighted by atomic mass is 9.90. The molecule has 2 rings (SSSR count). The van der Waals surface area contributed by atoms with E-state index < -0.39 is 11.7 Å². The molecule has 0 unspecified atom stereocenters. The van der Waals surface area contributed by atoms with Crippen LogP contribution in [0.25, 0.3) is 0 Å². The average molecular weight is 365 g/mol. The Hall–Kier alpha value is -0.590. The highest BCUT2D eigenvalue weighted by Crippen LogP contribution is 2.35. The Morgan fingerprint density at radius 3 is 2.43 bits per heavy atom. The zero-order chi connectivity index (χ0) is 15.6. The van der Waals surface area contributed by atoms with Gasteiger partial charge in [-0.25, -0.2) is 0 Å². The molecule has 1 aliphatic rings. The number of hydrogen-bond donors (Lipinski definition) is 1. The van der Waals surface area contributed by atoms with Gasteiger partial charge < -0.3 is 5.73 Å². The summed E-state index contributed by atoms with van der Waals surface area (Å²) in [7, 11) is 1.89. The summed E-state index contributed by atoms with van der Waals surface area (Å²) in [6.07, 6.45) is -0.525. The second kappa shape index (κ2) is 6.67. The van der Waals surface area contributed by atoms with Gasteiger partial charge in [-0.3, -0.25) is 4.90 Å². The fourth-order valence-electron chi connectivity index (χ4n) is 2.89. The number of nitrogens with two attached hydrogens (primary N) is 1. The second-order valence-corrected chi connectivity index (χ2v) is 6.70. The monoisotopic (exact) mass is 364 g/mol. The van der Waals surface area contributed by atoms with Crippen LogP contribution in [0.2, 0.25) is 0 Å². The van der Waals surface area contributed by atoms with Gasteiger partial charge in [0.25, 0.3) is 0 Å². The van der Waals surface area contributed by atoms with Crippen LogP contribution in [0.1, 0.15) is 36.8 Å². The molecule has 0 radical (unpaired) electrons. The number of nitrogens with zero attached hydrogens (tertiary/aromatic N) is 1. The highest BCUT2D eigenvalue weighted by Gasteiger charge is 2.34. The van der Waals surface area contributed by atoms with Crippen molar-refractivity contribution in [1.82, 2.24) is 4.90 Å². The zero-order valence-electron chi connectivity index (χ0n) is 12.0. The van der Waals surface area contributed by atoms with Crippen LogP contribution in [0.5, 0.6) is 0 Å². The van der Waals surface area contributed by atoms with Crippen LogP contribution in [0.15, 0.2) is 22.7 Å². The summed E-state index contributed by atoms with van der Waals surface area (Å²) in [5.74, 6) is 0. The normalized spacial score (nSPS) is 23.6. The summed E-state index contributed by atoms with van der Waals surface area (Å²) in [6, 6.07) is 4.93. The molecule has 0 amide bonds. The van der Waals surface area contributed by atoms with Crippen molar-refractivity contribution in [2.45, 2.75) is 50.5 Å². The van der Waals surface area contributed by atoms with Crippen LogP contribution in [0, 0.1) is 0 Å². The van der Waals surface area contributed by atoms with Crippen LogP contribution in [-0.4, -0.2) is 24.0 Å². The van der Waals surface area contributed by atoms with E-state index in [1.807, 2.05) is 11.9 Å². The maximum atomic E-state index is 13.1. The Labute approximate surface area is 131 Å². The first kappa shape index (κ1) is 16.8. The highest BCUT2D eigenvalue weighted by atomic mass is 79.9. The lowest BCUT2D eigenvalue weighted by Crippen LogP contribution is -2.38. The maximum absolute atomic E-state index is 13.1. The zero-order valence-corrected chi connectivity index (χ0v) is 13.5. The SMILES string of the molecule is CN(Cc1ccc(Br)cc1C(F)(F)F)C1CCC(N)CC1. The summed E-state index contributed by atoms with van der Waals surface area (Å²) < 4.78 is 39.8. The molecule has 0 atom stereocenters. The van der Waals surface area contributed by atoms with Gasteiger partial charge in [-0.05, 0) is 50.4 Å². The summed E-state index contributed by atoms with van der Waals surface area (Å²) >= 11 is 3.11. The van der Waals surface area contributed by atoms with Crippen molar-refractivity contribution in [3.8, 4) is 0 Å². The summed E-state index contributed by atoms with van der Waals surface area (Å²) in [5, 5.41) is 0. The van der Waals surface area contributed by atoms with Gasteiger partial charge in [-0.1, -0.05) is 22.0 Å². The standard InChI is InChI=1S/C15H20BrF3N2/c1-21(13-6-4-12(20)5-7-13)9-10-2-3-11(16)8-14(10)15(17,18)19/h2-3,8,12-13H,4-7,9,20H2,1H3. The number of rotatable bonds is 3. The van der Waals surface area contributed by atoms with E-state index in [9.17, 15) is 13.2 Å². The van der Waals surface area contributed by atoms with Crippen LogP contribution in [-0.2, 0) is 12.7 Å². The van der Waals surface area contributed by atoms with E-state index in [1.54, 1.807) is 12.1 Å². The molecule has 1 aliphatic carbocycles. The molecule has 2 nitrogen and oxygen atoms in total. The van der Waals surface area contributed by atoms with Crippen molar-refractivity contribution in [3.63, 3.8) is 0 Å². The topological polar surface area (TPSA) is 29.3 Å². The molecule has 118 valence electrons. The molecular formula is C15H20BrF3N2. The van der Waals surface area contributed by atoms with Gasteiger partial charge in [-0.15, -0.1) is 0 Å². The third-order valence-electron chi connectivity index (χ3n) is 4.16. The summed E-state index contributed by atoms with van der Waals surface area (Å²) in [6.45, 7) is 0.308. The van der Waals surface area contributed by atoms with Crippen molar-refractivity contribution in [2.75, 3.05) is 7.05 Å². The first-order chi connectivity index (χ1) is 9.77. The Morgan fingerprint density at radius 2 is 1.86 bits per heavy atom. The van der Waals surface area contributed by atoms with Crippen molar-refractivity contribution < 1.29 is 13.2 Å². The van der Waals surface area contributed by atoms with Crippen molar-refractivity contribution in [3.05, 3.63) is 33.8 Å². The molecule has 1 saturated carbocycles. The number of alkyl halides is 3. The fraction of sp³-hybridized carbons (Fsp3) is 0.600. The molecule has 1 aromatic carbocycles. The molecule has 1 aromatic rings. The van der Waals surface area contributed by atoms with Crippen LogP contribution in [0.4, 0.5) is 13.2 Å². The maximum Gasteiger partial charge on any atom is 0.416 e. The van der Waals surface area contributed by atoms with Crippen LogP contribution in [0.3, 0.4) is 0 Å². The largest absolute Gasteiger partial charge is 0.416 e. The molecule has 0 saturated heterocycles. The van der Waals surface area contributed by atoms with E-state index >= 15 is 0 Å². The fourth-order valence-corrected chi connectivity index (χ4v) is 3.25. The average Bonchev–Trinajstić information content (AvgIpc) is 2.40. The van der Waals surface area contributed by atoms with Gasteiger partial charge in [0.05, 0.1) is 5.56 Å². The number of hydrogen-bond acceptors (Lipinski definition) is 2. The predicted octanol–water partition coefficient (Wildman–Crippen LogP) is 4.17. The van der Waals surface area contributed by atoms with Crippen LogP contribution < -0.4 is 5.73 Å². The first-order valence-electron chi connectivity index (χ1n) is 7.09. The minimum absolute atomic E-state index is 0.244. The van der Waals surface area contributed by atoms with Gasteiger partial charge in [0, 0.05) is 23.1 Å². The van der Waals surface area contributed by atoms with Gasteiger partial charge in [0.1, 0.15) is 0 Å².